The number of para-hydroxylation sites is 1. The van der Waals surface area contributed by atoms with Crippen molar-refractivity contribution in [2.24, 2.45) is 7.05 Å². The van der Waals surface area contributed by atoms with Gasteiger partial charge in [-0.15, -0.1) is 0 Å². The number of rotatable bonds is 1. The van der Waals surface area contributed by atoms with Crippen molar-refractivity contribution in [2.75, 3.05) is 0 Å². The zero-order valence-electron chi connectivity index (χ0n) is 14.2. The molecule has 2 aromatic carbocycles. The van der Waals surface area contributed by atoms with Gasteiger partial charge in [0.1, 0.15) is 11.4 Å². The van der Waals surface area contributed by atoms with Gasteiger partial charge in [0.15, 0.2) is 11.0 Å². The number of aromatic nitrogens is 2. The summed E-state index contributed by atoms with van der Waals surface area (Å²) >= 11 is 0. The number of benzene rings is 2. The zero-order chi connectivity index (χ0) is 16.4. The summed E-state index contributed by atoms with van der Waals surface area (Å²) in [5.74, 6) is 0.984. The van der Waals surface area contributed by atoms with Crippen molar-refractivity contribution in [3.8, 4) is 11.4 Å². The van der Waals surface area contributed by atoms with Gasteiger partial charge in [-0.1, -0.05) is 12.1 Å². The van der Waals surface area contributed by atoms with E-state index in [0.29, 0.717) is 0 Å². The maximum atomic E-state index is 13.6. The Morgan fingerprint density at radius 3 is 2.70 bits per heavy atom. The van der Waals surface area contributed by atoms with Crippen molar-refractivity contribution in [1.29, 1.82) is 0 Å². The Morgan fingerprint density at radius 2 is 1.96 bits per heavy atom. The van der Waals surface area contributed by atoms with Gasteiger partial charge in [0.2, 0.25) is 0 Å². The van der Waals surface area contributed by atoms with Gasteiger partial charge in [0.05, 0.1) is 12.6 Å². The van der Waals surface area contributed by atoms with E-state index in [1.807, 2.05) is 13.0 Å². The van der Waals surface area contributed by atoms with E-state index in [2.05, 4.69) is 48.2 Å². The van der Waals surface area contributed by atoms with E-state index in [0.717, 1.165) is 29.8 Å². The normalized spacial score (nSPS) is 16.0. The molecule has 3 heteroatoms. The number of nitrogens with zero attached hydrogens (tertiary/aromatic N) is 2. The molecule has 0 saturated heterocycles. The molecule has 0 bridgehead atoms. The van der Waals surface area contributed by atoms with Gasteiger partial charge in [0, 0.05) is 5.56 Å². The van der Waals surface area contributed by atoms with Crippen LogP contribution in [0.5, 0.6) is 0 Å². The molecule has 0 saturated carbocycles. The monoisotopic (exact) mass is 309 g/mol. The maximum absolute atomic E-state index is 13.6. The lowest BCUT2D eigenvalue weighted by molar-refractivity contribution is -0.728. The number of aryl methyl sites for hydroxylation is 3. The molecule has 0 spiro atoms. The lowest BCUT2D eigenvalue weighted by atomic mass is 9.89. The van der Waals surface area contributed by atoms with Gasteiger partial charge < -0.3 is 0 Å². The molecule has 0 radical (unpaired) electrons. The molecule has 0 fully saturated rings. The number of imidazole rings is 1. The van der Waals surface area contributed by atoms with Crippen LogP contribution >= 0.6 is 0 Å². The quantitative estimate of drug-likeness (QED) is 0.594. The van der Waals surface area contributed by atoms with E-state index >= 15 is 0 Å². The summed E-state index contributed by atoms with van der Waals surface area (Å²) < 4.78 is 18.3. The Labute approximate surface area is 136 Å². The van der Waals surface area contributed by atoms with Crippen LogP contribution in [0.1, 0.15) is 31.4 Å². The summed E-state index contributed by atoms with van der Waals surface area (Å²) in [6, 6.07) is 11.6. The third-order valence-electron chi connectivity index (χ3n) is 5.25. The molecule has 1 aromatic heterocycles. The first-order chi connectivity index (χ1) is 10.9. The fourth-order valence-electron chi connectivity index (χ4n) is 4.00. The summed E-state index contributed by atoms with van der Waals surface area (Å²) in [6.45, 7) is 6.58. The first kappa shape index (κ1) is 14.4. The molecule has 0 N–H and O–H groups in total. The minimum atomic E-state index is -0.177. The zero-order valence-corrected chi connectivity index (χ0v) is 14.2. The van der Waals surface area contributed by atoms with Crippen molar-refractivity contribution in [2.45, 2.75) is 39.2 Å². The van der Waals surface area contributed by atoms with Crippen LogP contribution in [0.2, 0.25) is 0 Å². The topological polar surface area (TPSA) is 8.81 Å². The van der Waals surface area contributed by atoms with Gasteiger partial charge >= 0.3 is 0 Å². The number of hydrogen-bond donors (Lipinski definition) is 0. The predicted octanol–water partition coefficient (Wildman–Crippen LogP) is 4.26. The van der Waals surface area contributed by atoms with Gasteiger partial charge in [-0.25, -0.2) is 13.5 Å². The molecular weight excluding hydrogens is 287 g/mol. The van der Waals surface area contributed by atoms with E-state index in [4.69, 9.17) is 0 Å². The van der Waals surface area contributed by atoms with Crippen molar-refractivity contribution in [3.05, 3.63) is 53.3 Å². The highest BCUT2D eigenvalue weighted by Gasteiger charge is 2.39. The average Bonchev–Trinajstić information content (AvgIpc) is 2.79. The Morgan fingerprint density at radius 1 is 1.17 bits per heavy atom. The van der Waals surface area contributed by atoms with Crippen molar-refractivity contribution in [3.63, 3.8) is 0 Å². The summed E-state index contributed by atoms with van der Waals surface area (Å²) in [5.41, 5.74) is 6.10. The van der Waals surface area contributed by atoms with Crippen LogP contribution in [-0.4, -0.2) is 4.57 Å². The molecular formula is C20H22FN2+. The minimum Gasteiger partial charge on any atom is -0.226 e. The lowest BCUT2D eigenvalue weighted by Gasteiger charge is -2.28. The molecule has 1 aliphatic heterocycles. The van der Waals surface area contributed by atoms with Gasteiger partial charge in [-0.05, 0) is 63.4 Å². The first-order valence-corrected chi connectivity index (χ1v) is 8.19. The van der Waals surface area contributed by atoms with Crippen molar-refractivity contribution in [1.82, 2.24) is 4.57 Å². The van der Waals surface area contributed by atoms with E-state index in [1.54, 1.807) is 12.1 Å². The fourth-order valence-corrected chi connectivity index (χ4v) is 4.00. The van der Waals surface area contributed by atoms with Crippen LogP contribution in [0.15, 0.2) is 36.4 Å². The van der Waals surface area contributed by atoms with E-state index in [1.165, 1.54) is 16.6 Å². The predicted molar refractivity (Wildman–Crippen MR) is 90.9 cm³/mol. The van der Waals surface area contributed by atoms with E-state index in [-0.39, 0.29) is 11.4 Å². The summed E-state index contributed by atoms with van der Waals surface area (Å²) in [5, 5.41) is 0. The molecule has 0 unspecified atom stereocenters. The molecule has 23 heavy (non-hydrogen) atoms. The molecule has 118 valence electrons. The van der Waals surface area contributed by atoms with E-state index < -0.39 is 0 Å². The molecule has 0 atom stereocenters. The second kappa shape index (κ2) is 4.67. The second-order valence-corrected chi connectivity index (χ2v) is 7.27. The summed E-state index contributed by atoms with van der Waals surface area (Å²) in [6.07, 6.45) is 2.22. The Balaban J connectivity index is 2.16. The van der Waals surface area contributed by atoms with Crippen LogP contribution in [0.25, 0.3) is 22.4 Å². The smallest absolute Gasteiger partial charge is 0.226 e. The summed E-state index contributed by atoms with van der Waals surface area (Å²) in [7, 11) is 2.11. The molecule has 2 nitrogen and oxygen atoms in total. The minimum absolute atomic E-state index is 0.0457. The molecule has 0 amide bonds. The summed E-state index contributed by atoms with van der Waals surface area (Å²) in [4.78, 5) is 0. The highest BCUT2D eigenvalue weighted by molar-refractivity contribution is 5.80. The Kier molecular flexibility index (Phi) is 2.93. The molecule has 3 aromatic rings. The van der Waals surface area contributed by atoms with Crippen LogP contribution < -0.4 is 4.57 Å². The van der Waals surface area contributed by atoms with Crippen molar-refractivity contribution < 1.29 is 8.96 Å². The van der Waals surface area contributed by atoms with Crippen LogP contribution in [0, 0.1) is 12.7 Å². The van der Waals surface area contributed by atoms with Gasteiger partial charge in [-0.3, -0.25) is 0 Å². The highest BCUT2D eigenvalue weighted by Crippen LogP contribution is 2.34. The fraction of sp³-hybridized carbons (Fsp3) is 0.350. The Hall–Kier alpha value is -2.16. The molecule has 4 rings (SSSR count). The van der Waals surface area contributed by atoms with E-state index in [9.17, 15) is 4.39 Å². The third kappa shape index (κ3) is 1.95. The van der Waals surface area contributed by atoms with Gasteiger partial charge in [0.25, 0.3) is 5.82 Å². The molecule has 0 aliphatic carbocycles. The third-order valence-corrected chi connectivity index (χ3v) is 5.25. The SMILES string of the molecule is Cc1cc(F)ccc1-c1n(C)c2cccc3c2[n+]1C(C)(C)CC3. The molecule has 1 aliphatic rings. The van der Waals surface area contributed by atoms with Crippen LogP contribution in [0.4, 0.5) is 4.39 Å². The molecule has 2 heterocycles. The number of hydrogen-bond acceptors (Lipinski definition) is 0. The highest BCUT2D eigenvalue weighted by atomic mass is 19.1. The maximum Gasteiger partial charge on any atom is 0.290 e. The Bertz CT molecular complexity index is 934. The number of halogens is 1. The van der Waals surface area contributed by atoms with Crippen LogP contribution in [0.3, 0.4) is 0 Å². The lowest BCUT2D eigenvalue weighted by Crippen LogP contribution is -2.55. The van der Waals surface area contributed by atoms with Crippen LogP contribution in [-0.2, 0) is 19.0 Å². The second-order valence-electron chi connectivity index (χ2n) is 7.27. The van der Waals surface area contributed by atoms with Crippen molar-refractivity contribution >= 4 is 11.0 Å². The largest absolute Gasteiger partial charge is 0.290 e. The average molecular weight is 309 g/mol. The van der Waals surface area contributed by atoms with Gasteiger partial charge in [-0.2, -0.15) is 0 Å². The first-order valence-electron chi connectivity index (χ1n) is 8.19. The standard InChI is InChI=1S/C20H22FN2/c1-13-12-15(21)8-9-16(13)19-22(4)17-7-5-6-14-10-11-20(2,3)23(19)18(14)17/h5-9,12H,10-11H2,1-4H3/q+1.